The number of aromatic hydroxyl groups is 1. The molecule has 0 saturated heterocycles. The number of benzene rings is 2. The van der Waals surface area contributed by atoms with E-state index in [0.717, 1.165) is 0 Å². The first kappa shape index (κ1) is 31.0. The van der Waals surface area contributed by atoms with E-state index >= 15 is 0 Å². The molecule has 0 bridgehead atoms. The van der Waals surface area contributed by atoms with Crippen LogP contribution in [0, 0.1) is 5.92 Å². The second-order valence-corrected chi connectivity index (χ2v) is 11.0. The molecule has 2 aromatic carbocycles. The number of phenols is 1. The van der Waals surface area contributed by atoms with E-state index in [0.29, 0.717) is 18.7 Å². The molecule has 1 heterocycles. The standard InChI is InChI=1S/C30H35ClN2O9/c1-15-11-19(35)24(17(13-23(36)32-9-10-33(2)3)16-7-8-18(34)20(12-16)39-4)28(37)30(15)29(38)25-21(40-5)14-22(41-6)26(31)27(25)42-30/h7-8,12,14-15,17,34,37H,9-11,13H2,1-6H3,(H,32,36)/t15-,17?,30+/m1/s1. The Hall–Kier alpha value is -3.96. The molecular formula is C30H35ClN2O9. The largest absolute Gasteiger partial charge is 0.507 e. The molecule has 0 radical (unpaired) electrons. The molecule has 1 aliphatic carbocycles. The zero-order valence-corrected chi connectivity index (χ0v) is 25.1. The van der Waals surface area contributed by atoms with Gasteiger partial charge in [-0.25, -0.2) is 0 Å². The van der Waals surface area contributed by atoms with Crippen LogP contribution in [0.3, 0.4) is 0 Å². The Morgan fingerprint density at radius 3 is 2.40 bits per heavy atom. The van der Waals surface area contributed by atoms with Gasteiger partial charge in [-0.2, -0.15) is 0 Å². The summed E-state index contributed by atoms with van der Waals surface area (Å²) in [5.74, 6) is -3.63. The third-order valence-electron chi connectivity index (χ3n) is 7.74. The Morgan fingerprint density at radius 1 is 1.12 bits per heavy atom. The van der Waals surface area contributed by atoms with E-state index in [-0.39, 0.29) is 63.7 Å². The fourth-order valence-electron chi connectivity index (χ4n) is 5.51. The summed E-state index contributed by atoms with van der Waals surface area (Å²) in [5, 5.41) is 25.0. The van der Waals surface area contributed by atoms with Crippen molar-refractivity contribution >= 4 is 29.1 Å². The number of Topliss-reactive ketones (excluding diaryl/α,β-unsaturated/α-hetero) is 2. The van der Waals surface area contributed by atoms with Crippen LogP contribution in [0.4, 0.5) is 0 Å². The van der Waals surface area contributed by atoms with Crippen LogP contribution in [0.2, 0.25) is 5.02 Å². The molecule has 12 heteroatoms. The first-order valence-corrected chi connectivity index (χ1v) is 13.7. The number of ketones is 2. The summed E-state index contributed by atoms with van der Waals surface area (Å²) >= 11 is 6.54. The zero-order valence-electron chi connectivity index (χ0n) is 24.4. The lowest BCUT2D eigenvalue weighted by Crippen LogP contribution is -2.53. The van der Waals surface area contributed by atoms with Gasteiger partial charge in [0.15, 0.2) is 28.8 Å². The average molecular weight is 603 g/mol. The molecule has 3 N–H and O–H groups in total. The average Bonchev–Trinajstić information content (AvgIpc) is 3.26. The van der Waals surface area contributed by atoms with Crippen molar-refractivity contribution in [1.82, 2.24) is 10.2 Å². The topological polar surface area (TPSA) is 144 Å². The van der Waals surface area contributed by atoms with Crippen molar-refractivity contribution in [2.24, 2.45) is 5.92 Å². The van der Waals surface area contributed by atoms with Gasteiger partial charge in [0, 0.05) is 49.4 Å². The second kappa shape index (κ2) is 12.1. The number of aliphatic hydroxyl groups is 1. The van der Waals surface area contributed by atoms with Gasteiger partial charge in [-0.3, -0.25) is 14.4 Å². The maximum Gasteiger partial charge on any atom is 0.231 e. The second-order valence-electron chi connectivity index (χ2n) is 10.6. The molecular weight excluding hydrogens is 568 g/mol. The molecule has 1 spiro atoms. The molecule has 1 amide bonds. The number of likely N-dealkylation sites (N-methyl/N-ethyl adjacent to an activating group) is 1. The Morgan fingerprint density at radius 2 is 1.79 bits per heavy atom. The van der Waals surface area contributed by atoms with Gasteiger partial charge >= 0.3 is 0 Å². The van der Waals surface area contributed by atoms with E-state index in [2.05, 4.69) is 5.32 Å². The van der Waals surface area contributed by atoms with Crippen LogP contribution in [0.25, 0.3) is 0 Å². The molecule has 1 unspecified atom stereocenters. The number of fused-ring (bicyclic) bond motifs is 1. The van der Waals surface area contributed by atoms with E-state index in [1.54, 1.807) is 6.92 Å². The van der Waals surface area contributed by atoms with Crippen molar-refractivity contribution in [3.05, 3.63) is 51.7 Å². The van der Waals surface area contributed by atoms with Gasteiger partial charge in [-0.05, 0) is 31.8 Å². The van der Waals surface area contributed by atoms with Crippen LogP contribution in [0.15, 0.2) is 35.6 Å². The van der Waals surface area contributed by atoms with Gasteiger partial charge in [-0.1, -0.05) is 24.6 Å². The van der Waals surface area contributed by atoms with E-state index in [9.17, 15) is 24.6 Å². The summed E-state index contributed by atoms with van der Waals surface area (Å²) in [7, 11) is 7.88. The van der Waals surface area contributed by atoms with Crippen LogP contribution in [-0.2, 0) is 9.59 Å². The molecule has 4 rings (SSSR count). The lowest BCUT2D eigenvalue weighted by molar-refractivity contribution is -0.121. The third-order valence-corrected chi connectivity index (χ3v) is 8.09. The summed E-state index contributed by atoms with van der Waals surface area (Å²) in [6.45, 7) is 2.57. The van der Waals surface area contributed by atoms with Crippen LogP contribution in [-0.4, -0.2) is 86.7 Å². The molecule has 0 aromatic heterocycles. The minimum absolute atomic E-state index is 0.0112. The van der Waals surface area contributed by atoms with Crippen molar-refractivity contribution in [2.75, 3.05) is 48.5 Å². The monoisotopic (exact) mass is 602 g/mol. The number of carbonyl (C=O) groups is 3. The highest BCUT2D eigenvalue weighted by atomic mass is 35.5. The maximum atomic E-state index is 14.2. The van der Waals surface area contributed by atoms with Crippen LogP contribution < -0.4 is 24.3 Å². The lowest BCUT2D eigenvalue weighted by Gasteiger charge is -2.38. The first-order chi connectivity index (χ1) is 19.9. The SMILES string of the molecule is COc1cc(C(CC(=O)NCCN(C)C)C2=C(O)[C@@]3(Oc4c(Cl)c(OC)cc(OC)c4C3=O)[C@H](C)CC2=O)ccc1O. The number of nitrogens with one attached hydrogen (secondary N) is 1. The summed E-state index contributed by atoms with van der Waals surface area (Å²) in [6, 6.07) is 5.84. The number of nitrogens with zero attached hydrogens (tertiary/aromatic N) is 1. The van der Waals surface area contributed by atoms with Crippen molar-refractivity contribution in [1.29, 1.82) is 0 Å². The quantitative estimate of drug-likeness (QED) is 0.368. The molecule has 11 nitrogen and oxygen atoms in total. The number of hydrogen-bond acceptors (Lipinski definition) is 10. The molecule has 0 fully saturated rings. The van der Waals surface area contributed by atoms with Gasteiger partial charge < -0.3 is 39.4 Å². The van der Waals surface area contributed by atoms with Gasteiger partial charge in [0.1, 0.15) is 22.1 Å². The van der Waals surface area contributed by atoms with Crippen LogP contribution in [0.5, 0.6) is 28.7 Å². The molecule has 0 saturated carbocycles. The van der Waals surface area contributed by atoms with E-state index in [4.69, 9.17) is 30.5 Å². The fourth-order valence-corrected chi connectivity index (χ4v) is 5.78. The van der Waals surface area contributed by atoms with Crippen molar-refractivity contribution in [3.8, 4) is 28.7 Å². The minimum atomic E-state index is -2.00. The van der Waals surface area contributed by atoms with Crippen molar-refractivity contribution in [2.45, 2.75) is 31.3 Å². The van der Waals surface area contributed by atoms with Crippen molar-refractivity contribution < 1.29 is 43.5 Å². The number of carbonyl (C=O) groups excluding carboxylic acids is 3. The number of amides is 1. The van der Waals surface area contributed by atoms with E-state index in [1.807, 2.05) is 19.0 Å². The molecule has 2 aliphatic rings. The number of allylic oxidation sites excluding steroid dienone is 1. The number of aliphatic hydroxyl groups excluding tert-OH is 1. The van der Waals surface area contributed by atoms with E-state index in [1.165, 1.54) is 45.6 Å². The summed E-state index contributed by atoms with van der Waals surface area (Å²) in [6.07, 6.45) is -0.403. The smallest absolute Gasteiger partial charge is 0.231 e. The molecule has 42 heavy (non-hydrogen) atoms. The predicted octanol–water partition coefficient (Wildman–Crippen LogP) is 3.66. The molecule has 1 aliphatic heterocycles. The number of rotatable bonds is 10. The van der Waals surface area contributed by atoms with Gasteiger partial charge in [-0.15, -0.1) is 0 Å². The minimum Gasteiger partial charge on any atom is -0.507 e. The first-order valence-electron chi connectivity index (χ1n) is 13.3. The highest BCUT2D eigenvalue weighted by Crippen LogP contribution is 2.56. The Bertz CT molecular complexity index is 1450. The Kier molecular flexibility index (Phi) is 8.93. The highest BCUT2D eigenvalue weighted by Gasteiger charge is 2.61. The third kappa shape index (κ3) is 5.22. The summed E-state index contributed by atoms with van der Waals surface area (Å²) < 4.78 is 22.3. The summed E-state index contributed by atoms with van der Waals surface area (Å²) in [5.41, 5.74) is -1.73. The molecule has 2 aromatic rings. The lowest BCUT2D eigenvalue weighted by atomic mass is 9.69. The van der Waals surface area contributed by atoms with Gasteiger partial charge in [0.25, 0.3) is 0 Å². The van der Waals surface area contributed by atoms with Crippen molar-refractivity contribution in [3.63, 3.8) is 0 Å². The zero-order chi connectivity index (χ0) is 30.9. The Labute approximate surface area is 248 Å². The highest BCUT2D eigenvalue weighted by molar-refractivity contribution is 6.35. The van der Waals surface area contributed by atoms with Gasteiger partial charge in [0.05, 0.1) is 21.3 Å². The maximum absolute atomic E-state index is 14.2. The predicted molar refractivity (Wildman–Crippen MR) is 154 cm³/mol. The van der Waals surface area contributed by atoms with Gasteiger partial charge in [0.2, 0.25) is 17.3 Å². The fraction of sp³-hybridized carbons (Fsp3) is 0.433. The molecule has 3 atom stereocenters. The number of halogens is 1. The number of methoxy groups -OCH3 is 3. The number of hydrogen-bond donors (Lipinski definition) is 3. The van der Waals surface area contributed by atoms with Crippen LogP contribution >= 0.6 is 11.6 Å². The Balaban J connectivity index is 1.89. The number of phenolic OH excluding ortho intramolecular Hbond substituents is 1. The van der Waals surface area contributed by atoms with E-state index < -0.39 is 34.8 Å². The molecule has 226 valence electrons. The normalized spacial score (nSPS) is 20.4. The van der Waals surface area contributed by atoms with Crippen LogP contribution in [0.1, 0.15) is 41.6 Å². The number of ether oxygens (including phenoxy) is 4. The summed E-state index contributed by atoms with van der Waals surface area (Å²) in [4.78, 5) is 42.9.